The Bertz CT molecular complexity index is 932. The minimum atomic E-state index is -0.215. The van der Waals surface area contributed by atoms with Gasteiger partial charge in [0.05, 0.1) is 19.1 Å². The van der Waals surface area contributed by atoms with Crippen molar-refractivity contribution >= 4 is 16.7 Å². The van der Waals surface area contributed by atoms with Crippen LogP contribution in [0.4, 0.5) is 0 Å². The van der Waals surface area contributed by atoms with Crippen molar-refractivity contribution in [2.45, 2.75) is 32.7 Å². The zero-order chi connectivity index (χ0) is 18.7. The quantitative estimate of drug-likeness (QED) is 0.694. The molecule has 0 aromatic heterocycles. The first-order valence-electron chi connectivity index (χ1n) is 8.93. The maximum atomic E-state index is 12.7. The first kappa shape index (κ1) is 18.0. The molecular weight excluding hydrogens is 322 g/mol. The van der Waals surface area contributed by atoms with Crippen molar-refractivity contribution in [2.24, 2.45) is 0 Å². The van der Waals surface area contributed by atoms with Gasteiger partial charge in [-0.2, -0.15) is 0 Å². The van der Waals surface area contributed by atoms with E-state index in [1.807, 2.05) is 56.3 Å². The topological polar surface area (TPSA) is 38.3 Å². The van der Waals surface area contributed by atoms with Gasteiger partial charge < -0.3 is 10.1 Å². The van der Waals surface area contributed by atoms with Crippen LogP contribution >= 0.6 is 0 Å². The summed E-state index contributed by atoms with van der Waals surface area (Å²) >= 11 is 0. The molecule has 26 heavy (non-hydrogen) atoms. The van der Waals surface area contributed by atoms with Gasteiger partial charge in [-0.15, -0.1) is 0 Å². The normalized spacial score (nSPS) is 13.2. The van der Waals surface area contributed by atoms with Gasteiger partial charge in [-0.05, 0) is 60.4 Å². The van der Waals surface area contributed by atoms with Gasteiger partial charge in [0.15, 0.2) is 0 Å². The first-order valence-corrected chi connectivity index (χ1v) is 8.93. The average molecular weight is 347 g/mol. The van der Waals surface area contributed by atoms with E-state index in [0.29, 0.717) is 0 Å². The van der Waals surface area contributed by atoms with E-state index in [4.69, 9.17) is 4.74 Å². The molecule has 0 aliphatic carbocycles. The molecule has 134 valence electrons. The van der Waals surface area contributed by atoms with Crippen LogP contribution in [0, 0.1) is 6.92 Å². The summed E-state index contributed by atoms with van der Waals surface area (Å²) in [7, 11) is 1.66. The predicted molar refractivity (Wildman–Crippen MR) is 107 cm³/mol. The van der Waals surface area contributed by atoms with E-state index < -0.39 is 0 Å². The fraction of sp³-hybridized carbons (Fsp3) is 0.261. The van der Waals surface area contributed by atoms with E-state index in [-0.39, 0.29) is 17.9 Å². The van der Waals surface area contributed by atoms with Gasteiger partial charge >= 0.3 is 0 Å². The van der Waals surface area contributed by atoms with Crippen LogP contribution in [0.2, 0.25) is 0 Å². The number of fused-ring (bicyclic) bond motifs is 1. The maximum Gasteiger partial charge on any atom is 0.227 e. The molecule has 0 aliphatic heterocycles. The number of aryl methyl sites for hydroxylation is 1. The smallest absolute Gasteiger partial charge is 0.227 e. The summed E-state index contributed by atoms with van der Waals surface area (Å²) in [5, 5.41) is 5.35. The Labute approximate surface area is 155 Å². The number of methoxy groups -OCH3 is 1. The van der Waals surface area contributed by atoms with E-state index >= 15 is 0 Å². The van der Waals surface area contributed by atoms with Gasteiger partial charge in [0.2, 0.25) is 5.91 Å². The van der Waals surface area contributed by atoms with Crippen molar-refractivity contribution in [3.63, 3.8) is 0 Å². The molecule has 0 fully saturated rings. The van der Waals surface area contributed by atoms with E-state index in [1.54, 1.807) is 7.11 Å². The van der Waals surface area contributed by atoms with Crippen LogP contribution < -0.4 is 10.1 Å². The Kier molecular flexibility index (Phi) is 5.27. The Morgan fingerprint density at radius 2 is 1.65 bits per heavy atom. The summed E-state index contributed by atoms with van der Waals surface area (Å²) in [5.74, 6) is 0.657. The third kappa shape index (κ3) is 3.72. The molecule has 3 rings (SSSR count). The Hall–Kier alpha value is -2.81. The Morgan fingerprint density at radius 1 is 0.962 bits per heavy atom. The molecule has 3 nitrogen and oxygen atoms in total. The lowest BCUT2D eigenvalue weighted by Crippen LogP contribution is -2.30. The lowest BCUT2D eigenvalue weighted by atomic mass is 9.96. The summed E-state index contributed by atoms with van der Waals surface area (Å²) in [6.07, 6.45) is 0. The van der Waals surface area contributed by atoms with Crippen molar-refractivity contribution in [1.82, 2.24) is 5.32 Å². The standard InChI is InChI=1S/C23H25NO2/c1-15-7-5-6-8-22(15)17(3)24-23(25)16(2)18-9-10-20-14-21(26-4)12-11-19(20)13-18/h5-14,16-17H,1-4H3,(H,24,25). The van der Waals surface area contributed by atoms with Crippen molar-refractivity contribution in [3.8, 4) is 5.75 Å². The molecule has 1 amide bonds. The van der Waals surface area contributed by atoms with Crippen LogP contribution in [-0.4, -0.2) is 13.0 Å². The van der Waals surface area contributed by atoms with Gasteiger partial charge in [0.25, 0.3) is 0 Å². The van der Waals surface area contributed by atoms with Crippen LogP contribution in [0.1, 0.15) is 42.5 Å². The van der Waals surface area contributed by atoms with Crippen LogP contribution in [0.15, 0.2) is 60.7 Å². The van der Waals surface area contributed by atoms with Gasteiger partial charge in [-0.1, -0.05) is 48.5 Å². The third-order valence-corrected chi connectivity index (χ3v) is 4.98. The minimum Gasteiger partial charge on any atom is -0.497 e. The minimum absolute atomic E-state index is 0.0177. The summed E-state index contributed by atoms with van der Waals surface area (Å²) in [5.41, 5.74) is 3.35. The fourth-order valence-electron chi connectivity index (χ4n) is 3.28. The molecule has 2 atom stereocenters. The molecule has 0 heterocycles. The Balaban J connectivity index is 1.77. The number of hydrogen-bond donors (Lipinski definition) is 1. The molecule has 0 aliphatic rings. The van der Waals surface area contributed by atoms with Crippen molar-refractivity contribution in [3.05, 3.63) is 77.4 Å². The average Bonchev–Trinajstić information content (AvgIpc) is 2.66. The molecule has 3 aromatic carbocycles. The van der Waals surface area contributed by atoms with E-state index in [9.17, 15) is 4.79 Å². The van der Waals surface area contributed by atoms with Gasteiger partial charge in [-0.3, -0.25) is 4.79 Å². The molecule has 0 saturated heterocycles. The highest BCUT2D eigenvalue weighted by Crippen LogP contribution is 2.26. The number of hydrogen-bond acceptors (Lipinski definition) is 2. The van der Waals surface area contributed by atoms with Gasteiger partial charge in [0.1, 0.15) is 5.75 Å². The molecule has 0 spiro atoms. The highest BCUT2D eigenvalue weighted by Gasteiger charge is 2.19. The second kappa shape index (κ2) is 7.61. The van der Waals surface area contributed by atoms with Crippen molar-refractivity contribution in [1.29, 1.82) is 0 Å². The van der Waals surface area contributed by atoms with Crippen LogP contribution in [0.3, 0.4) is 0 Å². The monoisotopic (exact) mass is 347 g/mol. The van der Waals surface area contributed by atoms with Gasteiger partial charge in [0, 0.05) is 0 Å². The number of benzene rings is 3. The maximum absolute atomic E-state index is 12.7. The lowest BCUT2D eigenvalue weighted by molar-refractivity contribution is -0.122. The highest BCUT2D eigenvalue weighted by molar-refractivity contribution is 5.88. The largest absolute Gasteiger partial charge is 0.497 e. The molecular formula is C23H25NO2. The number of rotatable bonds is 5. The van der Waals surface area contributed by atoms with E-state index in [1.165, 1.54) is 5.56 Å². The molecule has 1 N–H and O–H groups in total. The van der Waals surface area contributed by atoms with Crippen molar-refractivity contribution in [2.75, 3.05) is 7.11 Å². The van der Waals surface area contributed by atoms with Gasteiger partial charge in [-0.25, -0.2) is 0 Å². The van der Waals surface area contributed by atoms with Crippen LogP contribution in [-0.2, 0) is 4.79 Å². The van der Waals surface area contributed by atoms with E-state index in [0.717, 1.165) is 27.6 Å². The molecule has 3 aromatic rings. The predicted octanol–water partition coefficient (Wildman–Crippen LogP) is 5.14. The molecule has 2 unspecified atom stereocenters. The Morgan fingerprint density at radius 3 is 2.38 bits per heavy atom. The summed E-state index contributed by atoms with van der Waals surface area (Å²) in [6.45, 7) is 6.04. The number of carbonyl (C=O) groups excluding carboxylic acids is 1. The molecule has 0 saturated carbocycles. The molecule has 0 radical (unpaired) electrons. The second-order valence-electron chi connectivity index (χ2n) is 6.78. The lowest BCUT2D eigenvalue weighted by Gasteiger charge is -2.20. The van der Waals surface area contributed by atoms with Crippen molar-refractivity contribution < 1.29 is 9.53 Å². The molecule has 0 bridgehead atoms. The third-order valence-electron chi connectivity index (χ3n) is 4.98. The number of carbonyl (C=O) groups is 1. The zero-order valence-electron chi connectivity index (χ0n) is 15.7. The van der Waals surface area contributed by atoms with E-state index in [2.05, 4.69) is 30.4 Å². The second-order valence-corrected chi connectivity index (χ2v) is 6.78. The molecule has 3 heteroatoms. The summed E-state index contributed by atoms with van der Waals surface area (Å²) < 4.78 is 5.27. The van der Waals surface area contributed by atoms with Crippen LogP contribution in [0.25, 0.3) is 10.8 Å². The summed E-state index contributed by atoms with van der Waals surface area (Å²) in [4.78, 5) is 12.7. The highest BCUT2D eigenvalue weighted by atomic mass is 16.5. The number of nitrogens with one attached hydrogen (secondary N) is 1. The zero-order valence-corrected chi connectivity index (χ0v) is 15.7. The first-order chi connectivity index (χ1) is 12.5. The van der Waals surface area contributed by atoms with Crippen LogP contribution in [0.5, 0.6) is 5.75 Å². The summed E-state index contributed by atoms with van der Waals surface area (Å²) in [6, 6.07) is 20.2. The SMILES string of the molecule is COc1ccc2cc(C(C)C(=O)NC(C)c3ccccc3C)ccc2c1. The number of amides is 1. The fourth-order valence-corrected chi connectivity index (χ4v) is 3.28. The number of ether oxygens (including phenoxy) is 1.